The molecule has 2 rings (SSSR count). The van der Waals surface area contributed by atoms with E-state index in [1.807, 2.05) is 0 Å². The van der Waals surface area contributed by atoms with Gasteiger partial charge in [0.25, 0.3) is 5.91 Å². The maximum Gasteiger partial charge on any atom is 0.324 e. The number of nitrogens with two attached hydrogens (primary N) is 1. The molecular weight excluding hydrogens is 505 g/mol. The van der Waals surface area contributed by atoms with E-state index in [2.05, 4.69) is 10.0 Å². The fourth-order valence-corrected chi connectivity index (χ4v) is 4.39. The molecule has 1 unspecified atom stereocenters. The number of sulfonamides is 2. The van der Waals surface area contributed by atoms with Crippen LogP contribution >= 0.6 is 23.2 Å². The largest absolute Gasteiger partial charge is 0.451 e. The lowest BCUT2D eigenvalue weighted by Crippen LogP contribution is -2.42. The minimum atomic E-state index is -4.12. The van der Waals surface area contributed by atoms with E-state index >= 15 is 0 Å². The standard InChI is InChI=1S/C18H19Cl2N3O7S2/c1-10(23-32(28,29)14-7-8-15(19)16(20)9-14)18(25)30-11(2)17(24)22-12-3-5-13(6-4-12)31(21,26)27/h3-11,23H,1-2H3,(H,22,24)(H2,21,26,27)/t10-,11?/m0/s1. The summed E-state index contributed by atoms with van der Waals surface area (Å²) in [6, 6.07) is 7.32. The van der Waals surface area contributed by atoms with Gasteiger partial charge in [0.15, 0.2) is 6.10 Å². The van der Waals surface area contributed by atoms with Gasteiger partial charge >= 0.3 is 5.97 Å². The van der Waals surface area contributed by atoms with Crippen LogP contribution in [0, 0.1) is 0 Å². The van der Waals surface area contributed by atoms with Gasteiger partial charge in [-0.2, -0.15) is 4.72 Å². The number of esters is 1. The summed E-state index contributed by atoms with van der Waals surface area (Å²) in [4.78, 5) is 24.1. The van der Waals surface area contributed by atoms with Crippen LogP contribution in [0.15, 0.2) is 52.3 Å². The Morgan fingerprint density at radius 1 is 0.938 bits per heavy atom. The first-order chi connectivity index (χ1) is 14.7. The summed E-state index contributed by atoms with van der Waals surface area (Å²) in [6.07, 6.45) is -1.28. The van der Waals surface area contributed by atoms with Crippen molar-refractivity contribution in [2.75, 3.05) is 5.32 Å². The normalized spacial score (nSPS) is 13.8. The summed E-state index contributed by atoms with van der Waals surface area (Å²) in [6.45, 7) is 2.53. The van der Waals surface area contributed by atoms with E-state index in [0.29, 0.717) is 0 Å². The second-order valence-electron chi connectivity index (χ2n) is 6.56. The minimum absolute atomic E-state index is 0.0205. The number of primary sulfonamides is 1. The number of carbonyl (C=O) groups excluding carboxylic acids is 2. The number of anilines is 1. The zero-order chi connectivity index (χ0) is 24.3. The Morgan fingerprint density at radius 2 is 1.50 bits per heavy atom. The summed E-state index contributed by atoms with van der Waals surface area (Å²) in [5.41, 5.74) is 0.235. The van der Waals surface area contributed by atoms with E-state index in [1.165, 1.54) is 50.2 Å². The van der Waals surface area contributed by atoms with Crippen molar-refractivity contribution >= 4 is 60.8 Å². The molecule has 0 aliphatic rings. The highest BCUT2D eigenvalue weighted by atomic mass is 35.5. The van der Waals surface area contributed by atoms with Gasteiger partial charge in [0.2, 0.25) is 20.0 Å². The van der Waals surface area contributed by atoms with Gasteiger partial charge in [0, 0.05) is 5.69 Å². The van der Waals surface area contributed by atoms with E-state index in [1.54, 1.807) is 0 Å². The van der Waals surface area contributed by atoms with Crippen molar-refractivity contribution in [2.24, 2.45) is 5.14 Å². The number of carbonyl (C=O) groups is 2. The summed E-state index contributed by atoms with van der Waals surface area (Å²) in [5.74, 6) is -1.72. The second-order valence-corrected chi connectivity index (χ2v) is 10.6. The van der Waals surface area contributed by atoms with Gasteiger partial charge in [-0.05, 0) is 56.3 Å². The fourth-order valence-electron chi connectivity index (χ4n) is 2.29. The lowest BCUT2D eigenvalue weighted by molar-refractivity contribution is -0.154. The zero-order valence-electron chi connectivity index (χ0n) is 16.7. The molecule has 2 aromatic carbocycles. The number of benzene rings is 2. The van der Waals surface area contributed by atoms with Crippen molar-refractivity contribution in [1.82, 2.24) is 4.72 Å². The van der Waals surface area contributed by atoms with Crippen molar-refractivity contribution in [1.29, 1.82) is 0 Å². The van der Waals surface area contributed by atoms with Crippen molar-refractivity contribution in [2.45, 2.75) is 35.8 Å². The van der Waals surface area contributed by atoms with Crippen LogP contribution < -0.4 is 15.2 Å². The minimum Gasteiger partial charge on any atom is -0.451 e. The molecule has 0 heterocycles. The van der Waals surface area contributed by atoms with Crippen molar-refractivity contribution < 1.29 is 31.2 Å². The first-order valence-electron chi connectivity index (χ1n) is 8.82. The molecule has 0 spiro atoms. The molecular formula is C18H19Cl2N3O7S2. The van der Waals surface area contributed by atoms with E-state index < -0.39 is 44.1 Å². The van der Waals surface area contributed by atoms with Crippen LogP contribution in [0.25, 0.3) is 0 Å². The lowest BCUT2D eigenvalue weighted by Gasteiger charge is -2.18. The smallest absolute Gasteiger partial charge is 0.324 e. The predicted molar refractivity (Wildman–Crippen MR) is 118 cm³/mol. The molecule has 0 aromatic heterocycles. The molecule has 0 aliphatic carbocycles. The molecule has 0 radical (unpaired) electrons. The number of hydrogen-bond acceptors (Lipinski definition) is 7. The Morgan fingerprint density at radius 3 is 2.03 bits per heavy atom. The molecule has 2 aromatic rings. The molecule has 0 saturated heterocycles. The van der Waals surface area contributed by atoms with Gasteiger partial charge in [-0.15, -0.1) is 0 Å². The zero-order valence-corrected chi connectivity index (χ0v) is 19.8. The van der Waals surface area contributed by atoms with Crippen LogP contribution in [0.1, 0.15) is 13.8 Å². The van der Waals surface area contributed by atoms with E-state index in [0.717, 1.165) is 6.07 Å². The maximum absolute atomic E-state index is 12.4. The number of hydrogen-bond donors (Lipinski definition) is 3. The predicted octanol–water partition coefficient (Wildman–Crippen LogP) is 1.88. The Kier molecular flexibility index (Phi) is 8.26. The summed E-state index contributed by atoms with van der Waals surface area (Å²) >= 11 is 11.6. The van der Waals surface area contributed by atoms with Crippen LogP contribution in [0.3, 0.4) is 0 Å². The molecule has 2 atom stereocenters. The molecule has 0 saturated carbocycles. The first kappa shape index (κ1) is 26.0. The van der Waals surface area contributed by atoms with Gasteiger partial charge in [-0.3, -0.25) is 9.59 Å². The molecule has 4 N–H and O–H groups in total. The Hall–Kier alpha value is -2.22. The van der Waals surface area contributed by atoms with E-state index in [-0.39, 0.29) is 25.5 Å². The van der Waals surface area contributed by atoms with Crippen molar-refractivity contribution in [3.8, 4) is 0 Å². The molecule has 14 heteroatoms. The van der Waals surface area contributed by atoms with Crippen LogP contribution in [0.5, 0.6) is 0 Å². The van der Waals surface area contributed by atoms with Gasteiger partial charge in [-0.1, -0.05) is 23.2 Å². The molecule has 32 heavy (non-hydrogen) atoms. The van der Waals surface area contributed by atoms with Gasteiger partial charge in [0.05, 0.1) is 19.8 Å². The van der Waals surface area contributed by atoms with Gasteiger partial charge in [0.1, 0.15) is 6.04 Å². The van der Waals surface area contributed by atoms with Crippen molar-refractivity contribution in [3.63, 3.8) is 0 Å². The monoisotopic (exact) mass is 523 g/mol. The maximum atomic E-state index is 12.4. The Bertz CT molecular complexity index is 1230. The molecule has 1 amide bonds. The van der Waals surface area contributed by atoms with Crippen LogP contribution in [0.4, 0.5) is 5.69 Å². The van der Waals surface area contributed by atoms with E-state index in [4.69, 9.17) is 33.1 Å². The number of ether oxygens (including phenoxy) is 1. The lowest BCUT2D eigenvalue weighted by atomic mass is 10.3. The van der Waals surface area contributed by atoms with Crippen molar-refractivity contribution in [3.05, 3.63) is 52.5 Å². The average molecular weight is 524 g/mol. The number of amides is 1. The third-order valence-electron chi connectivity index (χ3n) is 4.00. The molecule has 0 bridgehead atoms. The highest BCUT2D eigenvalue weighted by molar-refractivity contribution is 7.89. The molecule has 174 valence electrons. The third-order valence-corrected chi connectivity index (χ3v) is 7.21. The van der Waals surface area contributed by atoms with Gasteiger partial charge < -0.3 is 10.1 Å². The van der Waals surface area contributed by atoms with E-state index in [9.17, 15) is 26.4 Å². The average Bonchev–Trinajstić information content (AvgIpc) is 2.69. The van der Waals surface area contributed by atoms with Crippen LogP contribution in [-0.4, -0.2) is 40.9 Å². The molecule has 0 aliphatic heterocycles. The highest BCUT2D eigenvalue weighted by Crippen LogP contribution is 2.25. The Balaban J connectivity index is 1.98. The van der Waals surface area contributed by atoms with Crippen LogP contribution in [-0.2, 0) is 34.4 Å². The topological polar surface area (TPSA) is 162 Å². The second kappa shape index (κ2) is 10.1. The third kappa shape index (κ3) is 6.89. The number of rotatable bonds is 8. The number of nitrogens with one attached hydrogen (secondary N) is 2. The quantitative estimate of drug-likeness (QED) is 0.444. The highest BCUT2D eigenvalue weighted by Gasteiger charge is 2.27. The van der Waals surface area contributed by atoms with Crippen LogP contribution in [0.2, 0.25) is 10.0 Å². The summed E-state index contributed by atoms with van der Waals surface area (Å²) < 4.78 is 54.5. The SMILES string of the molecule is CC(OC(=O)[C@H](C)NS(=O)(=O)c1ccc(Cl)c(Cl)c1)C(=O)Nc1ccc(S(N)(=O)=O)cc1. The first-order valence-corrected chi connectivity index (χ1v) is 12.6. The summed E-state index contributed by atoms with van der Waals surface area (Å²) in [5, 5.41) is 7.62. The fraction of sp³-hybridized carbons (Fsp3) is 0.222. The number of halogens is 2. The Labute approximate surface area is 195 Å². The molecule has 10 nitrogen and oxygen atoms in total. The molecule has 0 fully saturated rings. The summed E-state index contributed by atoms with van der Waals surface area (Å²) in [7, 11) is -8.00. The van der Waals surface area contributed by atoms with Gasteiger partial charge in [-0.25, -0.2) is 22.0 Å².